The Morgan fingerprint density at radius 1 is 1.33 bits per heavy atom. The second-order valence-corrected chi connectivity index (χ2v) is 6.26. The molecular formula is C13H23N3O2. The molecule has 1 aliphatic carbocycles. The molecule has 1 aliphatic rings. The van der Waals surface area contributed by atoms with Gasteiger partial charge in [0.1, 0.15) is 0 Å². The Morgan fingerprint density at radius 3 is 2.39 bits per heavy atom. The molecule has 0 aromatic carbocycles. The standard InChI is InChI=1S/C13H23N3O2/c1-12(2,3)11-15-10(16-18-11)13(14)7-5-9(17-4)6-8-13/h9H,5-8,14H2,1-4H3. The molecular weight excluding hydrogens is 230 g/mol. The third kappa shape index (κ3) is 2.57. The average molecular weight is 253 g/mol. The minimum absolute atomic E-state index is 0.134. The third-order valence-electron chi connectivity index (χ3n) is 3.67. The molecule has 0 amide bonds. The molecule has 1 fully saturated rings. The minimum atomic E-state index is -0.456. The van der Waals surface area contributed by atoms with Crippen molar-refractivity contribution in [2.24, 2.45) is 5.73 Å². The van der Waals surface area contributed by atoms with Gasteiger partial charge in [0.25, 0.3) is 0 Å². The number of aromatic nitrogens is 2. The Kier molecular flexibility index (Phi) is 3.47. The summed E-state index contributed by atoms with van der Waals surface area (Å²) in [7, 11) is 1.75. The number of nitrogens with zero attached hydrogens (tertiary/aromatic N) is 2. The van der Waals surface area contributed by atoms with Crippen molar-refractivity contribution in [2.75, 3.05) is 7.11 Å². The second-order valence-electron chi connectivity index (χ2n) is 6.26. The molecule has 0 spiro atoms. The normalized spacial score (nSPS) is 29.5. The highest BCUT2D eigenvalue weighted by Gasteiger charge is 2.38. The lowest BCUT2D eigenvalue weighted by Gasteiger charge is -2.33. The monoisotopic (exact) mass is 253 g/mol. The minimum Gasteiger partial charge on any atom is -0.381 e. The summed E-state index contributed by atoms with van der Waals surface area (Å²) in [5, 5.41) is 4.08. The molecule has 0 radical (unpaired) electrons. The molecule has 2 rings (SSSR count). The van der Waals surface area contributed by atoms with Crippen molar-refractivity contribution < 1.29 is 9.26 Å². The summed E-state index contributed by atoms with van der Waals surface area (Å²) in [4.78, 5) is 4.48. The van der Waals surface area contributed by atoms with E-state index in [0.717, 1.165) is 25.7 Å². The number of hydrogen-bond acceptors (Lipinski definition) is 5. The third-order valence-corrected chi connectivity index (χ3v) is 3.67. The molecule has 0 unspecified atom stereocenters. The fraction of sp³-hybridized carbons (Fsp3) is 0.846. The molecule has 102 valence electrons. The largest absolute Gasteiger partial charge is 0.381 e. The Hall–Kier alpha value is -0.940. The van der Waals surface area contributed by atoms with Crippen LogP contribution in [0.3, 0.4) is 0 Å². The highest BCUT2D eigenvalue weighted by atomic mass is 16.5. The Morgan fingerprint density at radius 2 is 1.94 bits per heavy atom. The molecule has 0 atom stereocenters. The van der Waals surface area contributed by atoms with E-state index in [1.165, 1.54) is 0 Å². The summed E-state index contributed by atoms with van der Waals surface area (Å²) in [5.41, 5.74) is 5.82. The average Bonchev–Trinajstić information content (AvgIpc) is 2.79. The van der Waals surface area contributed by atoms with Crippen LogP contribution in [0.4, 0.5) is 0 Å². The van der Waals surface area contributed by atoms with Crippen LogP contribution in [0.1, 0.15) is 58.2 Å². The Bertz CT molecular complexity index is 401. The maximum absolute atomic E-state index is 6.41. The van der Waals surface area contributed by atoms with Crippen molar-refractivity contribution in [1.29, 1.82) is 0 Å². The zero-order valence-electron chi connectivity index (χ0n) is 11.7. The lowest BCUT2D eigenvalue weighted by atomic mass is 9.80. The van der Waals surface area contributed by atoms with Gasteiger partial charge in [-0.3, -0.25) is 0 Å². The SMILES string of the molecule is COC1CCC(N)(c2noc(C(C)(C)C)n2)CC1. The zero-order valence-corrected chi connectivity index (χ0v) is 11.7. The van der Waals surface area contributed by atoms with Crippen LogP contribution in [-0.2, 0) is 15.7 Å². The summed E-state index contributed by atoms with van der Waals surface area (Å²) in [6, 6.07) is 0. The molecule has 1 aromatic rings. The van der Waals surface area contributed by atoms with Crippen molar-refractivity contribution in [2.45, 2.75) is 63.5 Å². The Balaban J connectivity index is 2.14. The van der Waals surface area contributed by atoms with E-state index in [1.807, 2.05) is 0 Å². The maximum Gasteiger partial charge on any atom is 0.232 e. The molecule has 1 heterocycles. The molecule has 0 bridgehead atoms. The van der Waals surface area contributed by atoms with Gasteiger partial charge >= 0.3 is 0 Å². The smallest absolute Gasteiger partial charge is 0.232 e. The first kappa shape index (κ1) is 13.5. The summed E-state index contributed by atoms with van der Waals surface area (Å²) < 4.78 is 10.7. The van der Waals surface area contributed by atoms with Crippen molar-refractivity contribution in [3.63, 3.8) is 0 Å². The van der Waals surface area contributed by atoms with Crippen molar-refractivity contribution in [3.8, 4) is 0 Å². The molecule has 18 heavy (non-hydrogen) atoms. The van der Waals surface area contributed by atoms with Gasteiger partial charge in [-0.05, 0) is 25.7 Å². The van der Waals surface area contributed by atoms with Gasteiger partial charge in [-0.1, -0.05) is 25.9 Å². The highest BCUT2D eigenvalue weighted by molar-refractivity contribution is 5.09. The van der Waals surface area contributed by atoms with Crippen molar-refractivity contribution in [1.82, 2.24) is 10.1 Å². The van der Waals surface area contributed by atoms with E-state index in [0.29, 0.717) is 17.8 Å². The quantitative estimate of drug-likeness (QED) is 0.873. The van der Waals surface area contributed by atoms with Gasteiger partial charge in [-0.15, -0.1) is 0 Å². The summed E-state index contributed by atoms with van der Waals surface area (Å²) in [5.74, 6) is 1.29. The lowest BCUT2D eigenvalue weighted by Crippen LogP contribution is -2.43. The number of nitrogens with two attached hydrogens (primary N) is 1. The maximum atomic E-state index is 6.41. The van der Waals surface area contributed by atoms with Crippen LogP contribution < -0.4 is 5.73 Å². The fourth-order valence-corrected chi connectivity index (χ4v) is 2.30. The first-order valence-electron chi connectivity index (χ1n) is 6.51. The van der Waals surface area contributed by atoms with Gasteiger partial charge in [0.05, 0.1) is 11.6 Å². The molecule has 1 saturated carbocycles. The van der Waals surface area contributed by atoms with Crippen LogP contribution in [0.5, 0.6) is 0 Å². The summed E-state index contributed by atoms with van der Waals surface area (Å²) in [6.45, 7) is 6.15. The number of methoxy groups -OCH3 is 1. The first-order chi connectivity index (χ1) is 8.35. The van der Waals surface area contributed by atoms with E-state index < -0.39 is 5.54 Å². The van der Waals surface area contributed by atoms with Gasteiger partial charge in [-0.2, -0.15) is 4.98 Å². The van der Waals surface area contributed by atoms with Crippen LogP contribution in [0.25, 0.3) is 0 Å². The number of ether oxygens (including phenoxy) is 1. The van der Waals surface area contributed by atoms with Crippen LogP contribution in [-0.4, -0.2) is 23.4 Å². The summed E-state index contributed by atoms with van der Waals surface area (Å²) in [6.07, 6.45) is 3.90. The zero-order chi connectivity index (χ0) is 13.4. The molecule has 5 nitrogen and oxygen atoms in total. The molecule has 0 saturated heterocycles. The van der Waals surface area contributed by atoms with Gasteiger partial charge in [0.15, 0.2) is 5.82 Å². The topological polar surface area (TPSA) is 74.2 Å². The van der Waals surface area contributed by atoms with Gasteiger partial charge < -0.3 is 15.0 Å². The van der Waals surface area contributed by atoms with E-state index in [9.17, 15) is 0 Å². The Labute approximate surface area is 108 Å². The van der Waals surface area contributed by atoms with Crippen LogP contribution in [0.2, 0.25) is 0 Å². The van der Waals surface area contributed by atoms with Crippen LogP contribution in [0, 0.1) is 0 Å². The van der Waals surface area contributed by atoms with E-state index in [2.05, 4.69) is 30.9 Å². The highest BCUT2D eigenvalue weighted by Crippen LogP contribution is 2.35. The van der Waals surface area contributed by atoms with E-state index in [4.69, 9.17) is 15.0 Å². The van der Waals surface area contributed by atoms with Gasteiger partial charge in [0.2, 0.25) is 5.89 Å². The van der Waals surface area contributed by atoms with Crippen molar-refractivity contribution >= 4 is 0 Å². The first-order valence-corrected chi connectivity index (χ1v) is 6.51. The molecule has 5 heteroatoms. The van der Waals surface area contributed by atoms with Crippen LogP contribution >= 0.6 is 0 Å². The van der Waals surface area contributed by atoms with E-state index >= 15 is 0 Å². The van der Waals surface area contributed by atoms with E-state index in [-0.39, 0.29) is 5.41 Å². The van der Waals surface area contributed by atoms with E-state index in [1.54, 1.807) is 7.11 Å². The number of rotatable bonds is 2. The van der Waals surface area contributed by atoms with Crippen molar-refractivity contribution in [3.05, 3.63) is 11.7 Å². The summed E-state index contributed by atoms with van der Waals surface area (Å²) >= 11 is 0. The van der Waals surface area contributed by atoms with Gasteiger partial charge in [0, 0.05) is 12.5 Å². The lowest BCUT2D eigenvalue weighted by molar-refractivity contribution is 0.0472. The fourth-order valence-electron chi connectivity index (χ4n) is 2.30. The predicted octanol–water partition coefficient (Wildman–Crippen LogP) is 2.11. The molecule has 2 N–H and O–H groups in total. The number of hydrogen-bond donors (Lipinski definition) is 1. The van der Waals surface area contributed by atoms with Gasteiger partial charge in [-0.25, -0.2) is 0 Å². The second kappa shape index (κ2) is 4.63. The molecule has 1 aromatic heterocycles. The molecule has 0 aliphatic heterocycles. The van der Waals surface area contributed by atoms with Crippen LogP contribution in [0.15, 0.2) is 4.52 Å². The predicted molar refractivity (Wildman–Crippen MR) is 68.1 cm³/mol.